The van der Waals surface area contributed by atoms with Gasteiger partial charge >= 0.3 is 0 Å². The summed E-state index contributed by atoms with van der Waals surface area (Å²) in [5.41, 5.74) is 3.37. The van der Waals surface area contributed by atoms with Crippen molar-refractivity contribution in [3.63, 3.8) is 0 Å². The lowest BCUT2D eigenvalue weighted by Crippen LogP contribution is -2.28. The summed E-state index contributed by atoms with van der Waals surface area (Å²) in [6.07, 6.45) is 0.540. The van der Waals surface area contributed by atoms with E-state index in [4.69, 9.17) is 9.15 Å². The van der Waals surface area contributed by atoms with Crippen LogP contribution in [0, 0.1) is 6.92 Å². The van der Waals surface area contributed by atoms with Crippen molar-refractivity contribution in [1.29, 1.82) is 0 Å². The fraction of sp³-hybridized carbons (Fsp3) is 0.286. The molecule has 0 saturated carbocycles. The van der Waals surface area contributed by atoms with Crippen LogP contribution in [0.4, 0.5) is 0 Å². The molecule has 0 bridgehead atoms. The highest BCUT2D eigenvalue weighted by molar-refractivity contribution is 7.99. The highest BCUT2D eigenvalue weighted by Crippen LogP contribution is 2.20. The summed E-state index contributed by atoms with van der Waals surface area (Å²) in [6, 6.07) is 15.8. The van der Waals surface area contributed by atoms with Gasteiger partial charge in [-0.2, -0.15) is 0 Å². The van der Waals surface area contributed by atoms with E-state index in [-0.39, 0.29) is 11.7 Å². The molecule has 0 aliphatic carbocycles. The Morgan fingerprint density at radius 2 is 1.89 bits per heavy atom. The molecule has 28 heavy (non-hydrogen) atoms. The Bertz CT molecular complexity index is 925. The maximum atomic E-state index is 12.4. The van der Waals surface area contributed by atoms with Crippen LogP contribution >= 0.6 is 11.8 Å². The summed E-state index contributed by atoms with van der Waals surface area (Å²) in [4.78, 5) is 14.1. The molecule has 0 spiro atoms. The van der Waals surface area contributed by atoms with Gasteiger partial charge in [-0.15, -0.1) is 10.2 Å². The molecule has 3 aromatic rings. The number of nitrogens with zero attached hydrogens (tertiary/aromatic N) is 3. The van der Waals surface area contributed by atoms with Crippen LogP contribution in [0.3, 0.4) is 0 Å². The molecule has 1 amide bonds. The van der Waals surface area contributed by atoms with Crippen molar-refractivity contribution in [3.8, 4) is 5.75 Å². The molecule has 0 fully saturated rings. The number of aromatic nitrogens is 2. The molecule has 0 unspecified atom stereocenters. The second-order valence-electron chi connectivity index (χ2n) is 6.45. The van der Waals surface area contributed by atoms with Gasteiger partial charge in [-0.3, -0.25) is 4.79 Å². The average molecular weight is 398 g/mol. The SMILES string of the molecule is COc1ccc(Cc2nnc(SCC(=O)N(C)Cc3ccccc3C)o2)cc1. The highest BCUT2D eigenvalue weighted by Gasteiger charge is 2.14. The lowest BCUT2D eigenvalue weighted by Gasteiger charge is -2.17. The summed E-state index contributed by atoms with van der Waals surface area (Å²) < 4.78 is 10.8. The second-order valence-corrected chi connectivity index (χ2v) is 7.38. The van der Waals surface area contributed by atoms with Gasteiger partial charge in [-0.25, -0.2) is 0 Å². The Balaban J connectivity index is 1.50. The van der Waals surface area contributed by atoms with Crippen LogP contribution in [0.2, 0.25) is 0 Å². The fourth-order valence-electron chi connectivity index (χ4n) is 2.65. The van der Waals surface area contributed by atoms with Gasteiger partial charge in [0.05, 0.1) is 19.3 Å². The van der Waals surface area contributed by atoms with Crippen molar-refractivity contribution in [2.24, 2.45) is 0 Å². The average Bonchev–Trinajstić information content (AvgIpc) is 3.15. The van der Waals surface area contributed by atoms with Gasteiger partial charge in [0.2, 0.25) is 11.8 Å². The molecule has 6 nitrogen and oxygen atoms in total. The van der Waals surface area contributed by atoms with Crippen molar-refractivity contribution in [2.75, 3.05) is 19.9 Å². The minimum atomic E-state index is 0.0168. The van der Waals surface area contributed by atoms with E-state index in [1.165, 1.54) is 17.3 Å². The molecule has 1 aromatic heterocycles. The Labute approximate surface area is 168 Å². The minimum Gasteiger partial charge on any atom is -0.497 e. The van der Waals surface area contributed by atoms with Crippen molar-refractivity contribution in [3.05, 3.63) is 71.1 Å². The third-order valence-corrected chi connectivity index (χ3v) is 5.18. The number of methoxy groups -OCH3 is 1. The molecule has 146 valence electrons. The first kappa shape index (κ1) is 19.9. The van der Waals surface area contributed by atoms with Gasteiger partial charge in [0.15, 0.2) is 0 Å². The van der Waals surface area contributed by atoms with E-state index in [9.17, 15) is 4.79 Å². The van der Waals surface area contributed by atoms with Crippen molar-refractivity contribution >= 4 is 17.7 Å². The Hall–Kier alpha value is -2.80. The number of carbonyl (C=O) groups is 1. The molecule has 7 heteroatoms. The molecular weight excluding hydrogens is 374 g/mol. The smallest absolute Gasteiger partial charge is 0.277 e. The second kappa shape index (κ2) is 9.41. The first-order valence-corrected chi connectivity index (χ1v) is 9.90. The molecule has 1 heterocycles. The first-order chi connectivity index (χ1) is 13.5. The molecular formula is C21H23N3O3S. The number of thioether (sulfide) groups is 1. The minimum absolute atomic E-state index is 0.0168. The number of carbonyl (C=O) groups excluding carboxylic acids is 1. The number of benzene rings is 2. The Morgan fingerprint density at radius 1 is 1.14 bits per heavy atom. The summed E-state index contributed by atoms with van der Waals surface area (Å²) in [7, 11) is 3.44. The molecule has 0 N–H and O–H groups in total. The maximum Gasteiger partial charge on any atom is 0.277 e. The lowest BCUT2D eigenvalue weighted by atomic mass is 10.1. The molecule has 0 saturated heterocycles. The monoisotopic (exact) mass is 397 g/mol. The number of rotatable bonds is 8. The van der Waals surface area contributed by atoms with E-state index < -0.39 is 0 Å². The van der Waals surface area contributed by atoms with E-state index in [2.05, 4.69) is 10.2 Å². The molecule has 2 aromatic carbocycles. The summed E-state index contributed by atoms with van der Waals surface area (Å²) in [6.45, 7) is 2.63. The van der Waals surface area contributed by atoms with Crippen LogP contribution in [0.25, 0.3) is 0 Å². The first-order valence-electron chi connectivity index (χ1n) is 8.91. The molecule has 0 aliphatic heterocycles. The van der Waals surface area contributed by atoms with Crippen LogP contribution in [-0.2, 0) is 17.8 Å². The topological polar surface area (TPSA) is 68.5 Å². The highest BCUT2D eigenvalue weighted by atomic mass is 32.2. The van der Waals surface area contributed by atoms with Crippen molar-refractivity contribution in [1.82, 2.24) is 15.1 Å². The largest absolute Gasteiger partial charge is 0.497 e. The van der Waals surface area contributed by atoms with Crippen LogP contribution in [0.5, 0.6) is 5.75 Å². The Morgan fingerprint density at radius 3 is 2.61 bits per heavy atom. The molecule has 0 atom stereocenters. The van der Waals surface area contributed by atoms with Crippen LogP contribution in [0.1, 0.15) is 22.6 Å². The maximum absolute atomic E-state index is 12.4. The van der Waals surface area contributed by atoms with Crippen LogP contribution in [-0.4, -0.2) is 40.9 Å². The number of aryl methyl sites for hydroxylation is 1. The van der Waals surface area contributed by atoms with Gasteiger partial charge in [0, 0.05) is 13.6 Å². The van der Waals surface area contributed by atoms with Gasteiger partial charge in [-0.05, 0) is 35.7 Å². The van der Waals surface area contributed by atoms with Gasteiger partial charge in [0.25, 0.3) is 5.22 Å². The van der Waals surface area contributed by atoms with E-state index in [0.717, 1.165) is 16.9 Å². The predicted octanol–water partition coefficient (Wildman–Crippen LogP) is 3.73. The summed E-state index contributed by atoms with van der Waals surface area (Å²) in [5.74, 6) is 1.60. The van der Waals surface area contributed by atoms with E-state index in [1.54, 1.807) is 19.1 Å². The van der Waals surface area contributed by atoms with E-state index >= 15 is 0 Å². The van der Waals surface area contributed by atoms with E-state index in [1.807, 2.05) is 55.5 Å². The third-order valence-electron chi connectivity index (χ3n) is 4.38. The molecule has 3 rings (SSSR count). The van der Waals surface area contributed by atoms with Gasteiger partial charge in [-0.1, -0.05) is 48.2 Å². The van der Waals surface area contributed by atoms with Gasteiger partial charge in [0.1, 0.15) is 5.75 Å². The number of amides is 1. The van der Waals surface area contributed by atoms with Crippen LogP contribution in [0.15, 0.2) is 58.2 Å². The summed E-state index contributed by atoms with van der Waals surface area (Å²) >= 11 is 1.26. The van der Waals surface area contributed by atoms with E-state index in [0.29, 0.717) is 24.1 Å². The quantitative estimate of drug-likeness (QED) is 0.540. The molecule has 0 radical (unpaired) electrons. The number of hydrogen-bond donors (Lipinski definition) is 0. The number of hydrogen-bond acceptors (Lipinski definition) is 6. The van der Waals surface area contributed by atoms with Crippen molar-refractivity contribution < 1.29 is 13.9 Å². The van der Waals surface area contributed by atoms with Gasteiger partial charge < -0.3 is 14.1 Å². The molecule has 0 aliphatic rings. The standard InChI is InChI=1S/C21H23N3O3S/c1-15-6-4-5-7-17(15)13-24(2)20(25)14-28-21-23-22-19(27-21)12-16-8-10-18(26-3)11-9-16/h4-11H,12-14H2,1-3H3. The summed E-state index contributed by atoms with van der Waals surface area (Å²) in [5, 5.41) is 8.49. The zero-order valence-electron chi connectivity index (χ0n) is 16.2. The fourth-order valence-corrected chi connectivity index (χ4v) is 3.37. The normalized spacial score (nSPS) is 10.7. The Kier molecular flexibility index (Phi) is 6.71. The lowest BCUT2D eigenvalue weighted by molar-refractivity contribution is -0.127. The zero-order chi connectivity index (χ0) is 19.9. The zero-order valence-corrected chi connectivity index (χ0v) is 17.0. The third kappa shape index (κ3) is 5.36. The van der Waals surface area contributed by atoms with Crippen LogP contribution < -0.4 is 4.74 Å². The number of ether oxygens (including phenoxy) is 1. The van der Waals surface area contributed by atoms with Crippen molar-refractivity contribution in [2.45, 2.75) is 25.1 Å². The predicted molar refractivity (Wildman–Crippen MR) is 108 cm³/mol.